The minimum atomic E-state index is -4.37. The van der Waals surface area contributed by atoms with Gasteiger partial charge in [0.05, 0.1) is 12.0 Å². The average molecular weight is 500 g/mol. The summed E-state index contributed by atoms with van der Waals surface area (Å²) in [6.45, 7) is 2.14. The van der Waals surface area contributed by atoms with Crippen LogP contribution in [0.2, 0.25) is 0 Å². The second-order valence-electron chi connectivity index (χ2n) is 8.37. The maximum Gasteiger partial charge on any atom is 0.416 e. The molecule has 190 valence electrons. The highest BCUT2D eigenvalue weighted by Crippen LogP contribution is 2.32. The zero-order chi connectivity index (χ0) is 26.1. The topological polar surface area (TPSA) is 75.6 Å². The fourth-order valence-corrected chi connectivity index (χ4v) is 3.66. The first-order chi connectivity index (χ1) is 17.2. The number of halogens is 3. The third-order valence-electron chi connectivity index (χ3n) is 5.67. The van der Waals surface area contributed by atoms with Crippen molar-refractivity contribution in [2.75, 3.05) is 6.54 Å². The SMILES string of the molecule is CCCC[C@@H](Oc1ccc(C(=O)NCCC(=O)O)cc1)c1ccc(-c2ccc(C(F)(F)F)cc2)cc1. The van der Waals surface area contributed by atoms with Crippen LogP contribution in [0.3, 0.4) is 0 Å². The molecule has 0 bridgehead atoms. The van der Waals surface area contributed by atoms with Crippen molar-refractivity contribution in [1.82, 2.24) is 5.32 Å². The van der Waals surface area contributed by atoms with Crippen molar-refractivity contribution >= 4 is 11.9 Å². The summed E-state index contributed by atoms with van der Waals surface area (Å²) < 4.78 is 44.7. The van der Waals surface area contributed by atoms with Gasteiger partial charge in [0.1, 0.15) is 11.9 Å². The molecule has 3 aromatic carbocycles. The summed E-state index contributed by atoms with van der Waals surface area (Å²) in [6.07, 6.45) is -2.05. The zero-order valence-electron chi connectivity index (χ0n) is 19.8. The van der Waals surface area contributed by atoms with E-state index in [-0.39, 0.29) is 25.0 Å². The Balaban J connectivity index is 1.69. The second-order valence-corrected chi connectivity index (χ2v) is 8.37. The van der Waals surface area contributed by atoms with Gasteiger partial charge in [0.15, 0.2) is 0 Å². The summed E-state index contributed by atoms with van der Waals surface area (Å²) in [5, 5.41) is 11.2. The molecule has 0 aromatic heterocycles. The fraction of sp³-hybridized carbons (Fsp3) is 0.286. The van der Waals surface area contributed by atoms with Gasteiger partial charge >= 0.3 is 12.1 Å². The standard InChI is InChI=1S/C28H28F3NO4/c1-2-3-4-25(36-24-15-11-22(12-16-24)27(35)32-18-17-26(33)34)21-7-5-19(6-8-21)20-9-13-23(14-10-20)28(29,30)31/h5-16,25H,2-4,17-18H2,1H3,(H,32,35)(H,33,34)/t25-/m1/s1. The number of carbonyl (C=O) groups is 2. The molecule has 36 heavy (non-hydrogen) atoms. The van der Waals surface area contributed by atoms with Crippen LogP contribution in [0.4, 0.5) is 13.2 Å². The maximum atomic E-state index is 12.8. The first-order valence-corrected chi connectivity index (χ1v) is 11.7. The molecule has 2 N–H and O–H groups in total. The Bertz CT molecular complexity index is 1140. The van der Waals surface area contributed by atoms with Crippen molar-refractivity contribution < 1.29 is 32.6 Å². The molecule has 5 nitrogen and oxygen atoms in total. The van der Waals surface area contributed by atoms with Gasteiger partial charge in [-0.3, -0.25) is 9.59 Å². The van der Waals surface area contributed by atoms with Gasteiger partial charge in [0, 0.05) is 12.1 Å². The van der Waals surface area contributed by atoms with Crippen LogP contribution in [0, 0.1) is 0 Å². The van der Waals surface area contributed by atoms with Crippen LogP contribution in [-0.2, 0) is 11.0 Å². The molecule has 0 saturated heterocycles. The van der Waals surface area contributed by atoms with E-state index in [9.17, 15) is 22.8 Å². The number of unbranched alkanes of at least 4 members (excludes halogenated alkanes) is 1. The smallest absolute Gasteiger partial charge is 0.416 e. The largest absolute Gasteiger partial charge is 0.486 e. The second kappa shape index (κ2) is 12.2. The lowest BCUT2D eigenvalue weighted by Crippen LogP contribution is -2.25. The van der Waals surface area contributed by atoms with E-state index in [2.05, 4.69) is 12.2 Å². The highest BCUT2D eigenvalue weighted by atomic mass is 19.4. The molecular weight excluding hydrogens is 471 g/mol. The van der Waals surface area contributed by atoms with Crippen molar-refractivity contribution in [2.45, 2.75) is 44.9 Å². The lowest BCUT2D eigenvalue weighted by atomic mass is 9.98. The van der Waals surface area contributed by atoms with Crippen molar-refractivity contribution in [3.8, 4) is 16.9 Å². The molecule has 0 fully saturated rings. The van der Waals surface area contributed by atoms with Crippen LogP contribution in [0.1, 0.15) is 60.2 Å². The maximum absolute atomic E-state index is 12.8. The van der Waals surface area contributed by atoms with Gasteiger partial charge in [-0.1, -0.05) is 49.7 Å². The summed E-state index contributed by atoms with van der Waals surface area (Å²) in [7, 11) is 0. The molecule has 1 amide bonds. The molecule has 0 heterocycles. The molecular formula is C28H28F3NO4. The van der Waals surface area contributed by atoms with Gasteiger partial charge in [-0.05, 0) is 65.9 Å². The van der Waals surface area contributed by atoms with Gasteiger partial charge < -0.3 is 15.2 Å². The third kappa shape index (κ3) is 7.60. The Hall–Kier alpha value is -3.81. The number of carboxylic acids is 1. The van der Waals surface area contributed by atoms with Crippen molar-refractivity contribution in [1.29, 1.82) is 0 Å². The van der Waals surface area contributed by atoms with Crippen LogP contribution in [0.25, 0.3) is 11.1 Å². The minimum Gasteiger partial charge on any atom is -0.486 e. The number of amides is 1. The number of hydrogen-bond acceptors (Lipinski definition) is 3. The van der Waals surface area contributed by atoms with Crippen LogP contribution >= 0.6 is 0 Å². The van der Waals surface area contributed by atoms with Gasteiger partial charge in [0.2, 0.25) is 0 Å². The molecule has 0 radical (unpaired) electrons. The Morgan fingerprint density at radius 2 is 1.50 bits per heavy atom. The molecule has 0 spiro atoms. The summed E-state index contributed by atoms with van der Waals surface area (Å²) >= 11 is 0. The number of carbonyl (C=O) groups excluding carboxylic acids is 1. The molecule has 0 unspecified atom stereocenters. The summed E-state index contributed by atoms with van der Waals surface area (Å²) in [4.78, 5) is 22.7. The van der Waals surface area contributed by atoms with E-state index in [1.165, 1.54) is 12.1 Å². The number of nitrogens with one attached hydrogen (secondary N) is 1. The summed E-state index contributed by atoms with van der Waals surface area (Å²) in [5.41, 5.74) is 2.16. The molecule has 0 aliphatic heterocycles. The normalized spacial score (nSPS) is 12.1. The minimum absolute atomic E-state index is 0.0496. The van der Waals surface area contributed by atoms with E-state index in [0.717, 1.165) is 42.5 Å². The van der Waals surface area contributed by atoms with E-state index in [1.54, 1.807) is 24.3 Å². The molecule has 0 aliphatic carbocycles. The Morgan fingerprint density at radius 3 is 2.03 bits per heavy atom. The van der Waals surface area contributed by atoms with Gasteiger partial charge in [-0.25, -0.2) is 0 Å². The predicted octanol–water partition coefficient (Wildman–Crippen LogP) is 6.89. The van der Waals surface area contributed by atoms with Crippen LogP contribution in [0.5, 0.6) is 5.75 Å². The molecule has 8 heteroatoms. The van der Waals surface area contributed by atoms with Gasteiger partial charge in [0.25, 0.3) is 5.91 Å². The molecule has 3 rings (SSSR count). The Morgan fingerprint density at radius 1 is 0.917 bits per heavy atom. The first kappa shape index (κ1) is 26.8. The number of rotatable bonds is 11. The van der Waals surface area contributed by atoms with Crippen molar-refractivity contribution in [2.24, 2.45) is 0 Å². The quantitative estimate of drug-likeness (QED) is 0.301. The number of hydrogen-bond donors (Lipinski definition) is 2. The molecule has 0 saturated carbocycles. The molecule has 1 atom stereocenters. The van der Waals surface area contributed by atoms with E-state index in [4.69, 9.17) is 9.84 Å². The van der Waals surface area contributed by atoms with Crippen molar-refractivity contribution in [3.05, 3.63) is 89.5 Å². The van der Waals surface area contributed by atoms with E-state index >= 15 is 0 Å². The lowest BCUT2D eigenvalue weighted by molar-refractivity contribution is -0.138. The van der Waals surface area contributed by atoms with E-state index in [1.807, 2.05) is 24.3 Å². The third-order valence-corrected chi connectivity index (χ3v) is 5.67. The lowest BCUT2D eigenvalue weighted by Gasteiger charge is -2.20. The van der Waals surface area contributed by atoms with Crippen LogP contribution in [-0.4, -0.2) is 23.5 Å². The van der Waals surface area contributed by atoms with Gasteiger partial charge in [-0.2, -0.15) is 13.2 Å². The number of benzene rings is 3. The average Bonchev–Trinajstić information content (AvgIpc) is 2.86. The monoisotopic (exact) mass is 499 g/mol. The highest BCUT2D eigenvalue weighted by molar-refractivity contribution is 5.94. The van der Waals surface area contributed by atoms with Gasteiger partial charge in [-0.15, -0.1) is 0 Å². The Kier molecular flexibility index (Phi) is 9.11. The number of aliphatic carboxylic acids is 1. The number of alkyl halides is 3. The number of carboxylic acid groups (broad SMARTS) is 1. The van der Waals surface area contributed by atoms with Crippen molar-refractivity contribution in [3.63, 3.8) is 0 Å². The van der Waals surface area contributed by atoms with Crippen LogP contribution < -0.4 is 10.1 Å². The first-order valence-electron chi connectivity index (χ1n) is 11.7. The summed E-state index contributed by atoms with van der Waals surface area (Å²) in [5.74, 6) is -0.751. The molecule has 0 aliphatic rings. The van der Waals surface area contributed by atoms with E-state index < -0.39 is 17.7 Å². The van der Waals surface area contributed by atoms with E-state index in [0.29, 0.717) is 16.9 Å². The number of ether oxygens (including phenoxy) is 1. The predicted molar refractivity (Wildman–Crippen MR) is 131 cm³/mol. The molecule has 3 aromatic rings. The fourth-order valence-electron chi connectivity index (χ4n) is 3.66. The zero-order valence-corrected chi connectivity index (χ0v) is 19.8. The summed E-state index contributed by atoms with van der Waals surface area (Å²) in [6, 6.07) is 19.3. The Labute approximate surface area is 207 Å². The van der Waals surface area contributed by atoms with Crippen LogP contribution in [0.15, 0.2) is 72.8 Å². The highest BCUT2D eigenvalue weighted by Gasteiger charge is 2.30.